The van der Waals surface area contributed by atoms with Crippen LogP contribution in [-0.2, 0) is 11.2 Å². The molecule has 6 nitrogen and oxygen atoms in total. The molecular weight excluding hydrogens is 352 g/mol. The summed E-state index contributed by atoms with van der Waals surface area (Å²) in [5, 5.41) is 10.8. The molecule has 148 valence electrons. The van der Waals surface area contributed by atoms with Crippen molar-refractivity contribution in [2.24, 2.45) is 0 Å². The Bertz CT molecular complexity index is 819. The SMILES string of the molecule is CCC(=O)N1CCc2cc([C@@H](O)CN3CCN(c4ccccn4)CC3)ccc21. The monoisotopic (exact) mass is 380 g/mol. The predicted octanol–water partition coefficient (Wildman–Crippen LogP) is 2.24. The van der Waals surface area contributed by atoms with Gasteiger partial charge in [0.1, 0.15) is 5.82 Å². The summed E-state index contributed by atoms with van der Waals surface area (Å²) in [5.74, 6) is 1.19. The topological polar surface area (TPSA) is 59.9 Å². The standard InChI is InChI=1S/C22H28N4O2/c1-2-22(28)26-10-8-17-15-18(6-7-19(17)26)20(27)16-24-11-13-25(14-12-24)21-5-3-4-9-23-21/h3-7,9,15,20,27H,2,8,10-14,16H2,1H3/t20-/m0/s1. The van der Waals surface area contributed by atoms with Gasteiger partial charge in [-0.2, -0.15) is 0 Å². The zero-order valence-corrected chi connectivity index (χ0v) is 16.4. The lowest BCUT2D eigenvalue weighted by Gasteiger charge is -2.36. The maximum atomic E-state index is 12.0. The highest BCUT2D eigenvalue weighted by molar-refractivity contribution is 5.95. The summed E-state index contributed by atoms with van der Waals surface area (Å²) in [4.78, 5) is 22.9. The molecule has 1 atom stereocenters. The number of carbonyl (C=O) groups is 1. The summed E-state index contributed by atoms with van der Waals surface area (Å²) in [7, 11) is 0. The number of piperazine rings is 1. The average Bonchev–Trinajstić information content (AvgIpc) is 3.17. The second-order valence-electron chi connectivity index (χ2n) is 7.53. The molecule has 1 N–H and O–H groups in total. The summed E-state index contributed by atoms with van der Waals surface area (Å²) < 4.78 is 0. The van der Waals surface area contributed by atoms with Gasteiger partial charge >= 0.3 is 0 Å². The number of benzene rings is 1. The molecule has 4 rings (SSSR count). The molecule has 3 heterocycles. The highest BCUT2D eigenvalue weighted by atomic mass is 16.3. The van der Waals surface area contributed by atoms with Crippen LogP contribution in [0.3, 0.4) is 0 Å². The van der Waals surface area contributed by atoms with Crippen LogP contribution >= 0.6 is 0 Å². The molecule has 1 amide bonds. The van der Waals surface area contributed by atoms with E-state index in [1.54, 1.807) is 0 Å². The second-order valence-corrected chi connectivity index (χ2v) is 7.53. The van der Waals surface area contributed by atoms with Crippen LogP contribution in [0.15, 0.2) is 42.6 Å². The number of rotatable bonds is 5. The Labute approximate surface area is 166 Å². The predicted molar refractivity (Wildman–Crippen MR) is 111 cm³/mol. The number of amides is 1. The van der Waals surface area contributed by atoms with Gasteiger partial charge in [-0.25, -0.2) is 4.98 Å². The van der Waals surface area contributed by atoms with Crippen molar-refractivity contribution in [3.05, 3.63) is 53.7 Å². The van der Waals surface area contributed by atoms with Crippen LogP contribution < -0.4 is 9.80 Å². The van der Waals surface area contributed by atoms with Gasteiger partial charge in [-0.05, 0) is 35.7 Å². The van der Waals surface area contributed by atoms with Crippen molar-refractivity contribution in [3.8, 4) is 0 Å². The number of β-amino-alcohol motifs (C(OH)–C–C–N with tert-alkyl or cyclic N) is 1. The number of anilines is 2. The Kier molecular flexibility index (Phi) is 5.59. The minimum absolute atomic E-state index is 0.165. The fourth-order valence-electron chi connectivity index (χ4n) is 4.13. The molecule has 1 fully saturated rings. The summed E-state index contributed by atoms with van der Waals surface area (Å²) >= 11 is 0. The Morgan fingerprint density at radius 1 is 1.14 bits per heavy atom. The Morgan fingerprint density at radius 3 is 2.68 bits per heavy atom. The van der Waals surface area contributed by atoms with Crippen molar-refractivity contribution in [1.29, 1.82) is 0 Å². The first-order valence-corrected chi connectivity index (χ1v) is 10.2. The van der Waals surface area contributed by atoms with Gasteiger partial charge in [0.05, 0.1) is 6.10 Å². The van der Waals surface area contributed by atoms with E-state index in [-0.39, 0.29) is 5.91 Å². The minimum atomic E-state index is -0.511. The molecular formula is C22H28N4O2. The summed E-state index contributed by atoms with van der Waals surface area (Å²) in [6.07, 6.45) is 2.70. The smallest absolute Gasteiger partial charge is 0.226 e. The van der Waals surface area contributed by atoms with Crippen LogP contribution in [0, 0.1) is 0 Å². The maximum absolute atomic E-state index is 12.0. The first-order chi connectivity index (χ1) is 13.7. The van der Waals surface area contributed by atoms with E-state index in [2.05, 4.69) is 20.9 Å². The van der Waals surface area contributed by atoms with Crippen molar-refractivity contribution in [1.82, 2.24) is 9.88 Å². The largest absolute Gasteiger partial charge is 0.387 e. The van der Waals surface area contributed by atoms with Gasteiger partial charge in [-0.3, -0.25) is 9.69 Å². The number of aromatic nitrogens is 1. The fraction of sp³-hybridized carbons (Fsp3) is 0.455. The van der Waals surface area contributed by atoms with E-state index < -0.39 is 6.10 Å². The number of fused-ring (bicyclic) bond motifs is 1. The average molecular weight is 380 g/mol. The van der Waals surface area contributed by atoms with Crippen molar-refractivity contribution in [3.63, 3.8) is 0 Å². The summed E-state index contributed by atoms with van der Waals surface area (Å²) in [5.41, 5.74) is 3.11. The van der Waals surface area contributed by atoms with E-state index in [0.29, 0.717) is 13.0 Å². The van der Waals surface area contributed by atoms with Gasteiger partial charge in [0.2, 0.25) is 5.91 Å². The third kappa shape index (κ3) is 3.88. The molecule has 1 saturated heterocycles. The molecule has 0 saturated carbocycles. The van der Waals surface area contributed by atoms with Gasteiger partial charge in [0.15, 0.2) is 0 Å². The molecule has 2 aliphatic heterocycles. The number of nitrogens with zero attached hydrogens (tertiary/aromatic N) is 4. The molecule has 0 spiro atoms. The normalized spacial score (nSPS) is 18.2. The molecule has 2 aromatic rings. The second kappa shape index (κ2) is 8.29. The van der Waals surface area contributed by atoms with E-state index in [9.17, 15) is 9.90 Å². The van der Waals surface area contributed by atoms with Crippen LogP contribution in [0.1, 0.15) is 30.6 Å². The first kappa shape index (κ1) is 18.9. The fourth-order valence-corrected chi connectivity index (χ4v) is 4.13. The van der Waals surface area contributed by atoms with E-state index in [1.165, 1.54) is 5.56 Å². The number of pyridine rings is 1. The van der Waals surface area contributed by atoms with Gasteiger partial charge in [-0.15, -0.1) is 0 Å². The van der Waals surface area contributed by atoms with Crippen molar-refractivity contribution < 1.29 is 9.90 Å². The molecule has 0 radical (unpaired) electrons. The highest BCUT2D eigenvalue weighted by Crippen LogP contribution is 2.31. The molecule has 28 heavy (non-hydrogen) atoms. The third-order valence-electron chi connectivity index (χ3n) is 5.76. The van der Waals surface area contributed by atoms with Crippen molar-refractivity contribution >= 4 is 17.4 Å². The van der Waals surface area contributed by atoms with Crippen molar-refractivity contribution in [2.45, 2.75) is 25.9 Å². The quantitative estimate of drug-likeness (QED) is 0.862. The third-order valence-corrected chi connectivity index (χ3v) is 5.76. The van der Waals surface area contributed by atoms with E-state index in [1.807, 2.05) is 48.4 Å². The van der Waals surface area contributed by atoms with Crippen LogP contribution in [0.4, 0.5) is 11.5 Å². The van der Waals surface area contributed by atoms with E-state index in [0.717, 1.165) is 56.2 Å². The zero-order chi connectivity index (χ0) is 19.5. The summed E-state index contributed by atoms with van der Waals surface area (Å²) in [6, 6.07) is 12.0. The van der Waals surface area contributed by atoms with Gasteiger partial charge in [0, 0.05) is 57.6 Å². The minimum Gasteiger partial charge on any atom is -0.387 e. The van der Waals surface area contributed by atoms with Crippen LogP contribution in [0.5, 0.6) is 0 Å². The number of aliphatic hydroxyl groups is 1. The zero-order valence-electron chi connectivity index (χ0n) is 16.4. The molecule has 0 unspecified atom stereocenters. The summed E-state index contributed by atoms with van der Waals surface area (Å²) in [6.45, 7) is 6.94. The maximum Gasteiger partial charge on any atom is 0.226 e. The van der Waals surface area contributed by atoms with Gasteiger partial charge in [0.25, 0.3) is 0 Å². The molecule has 2 aliphatic rings. The lowest BCUT2D eigenvalue weighted by molar-refractivity contribution is -0.118. The Morgan fingerprint density at radius 2 is 1.96 bits per heavy atom. The van der Waals surface area contributed by atoms with Crippen molar-refractivity contribution in [2.75, 3.05) is 49.1 Å². The molecule has 0 bridgehead atoms. The molecule has 1 aromatic heterocycles. The number of aliphatic hydroxyl groups excluding tert-OH is 1. The first-order valence-electron chi connectivity index (χ1n) is 10.2. The van der Waals surface area contributed by atoms with Gasteiger partial charge in [-0.1, -0.05) is 25.1 Å². The Balaban J connectivity index is 1.35. The van der Waals surface area contributed by atoms with E-state index >= 15 is 0 Å². The van der Waals surface area contributed by atoms with Crippen LogP contribution in [0.2, 0.25) is 0 Å². The van der Waals surface area contributed by atoms with Crippen LogP contribution in [-0.4, -0.2) is 60.2 Å². The number of carbonyl (C=O) groups excluding carboxylic acids is 1. The number of hydrogen-bond acceptors (Lipinski definition) is 5. The molecule has 0 aliphatic carbocycles. The lowest BCUT2D eigenvalue weighted by atomic mass is 10.0. The molecule has 1 aromatic carbocycles. The Hall–Kier alpha value is -2.44. The van der Waals surface area contributed by atoms with Crippen LogP contribution in [0.25, 0.3) is 0 Å². The highest BCUT2D eigenvalue weighted by Gasteiger charge is 2.25. The molecule has 6 heteroatoms. The van der Waals surface area contributed by atoms with E-state index in [4.69, 9.17) is 0 Å². The lowest BCUT2D eigenvalue weighted by Crippen LogP contribution is -2.47. The van der Waals surface area contributed by atoms with Gasteiger partial charge < -0.3 is 14.9 Å². The number of hydrogen-bond donors (Lipinski definition) is 1.